The summed E-state index contributed by atoms with van der Waals surface area (Å²) in [7, 11) is 0. The van der Waals surface area contributed by atoms with Crippen LogP contribution in [0.2, 0.25) is 0 Å². The minimum absolute atomic E-state index is 0.240. The molecule has 1 heterocycles. The zero-order valence-corrected chi connectivity index (χ0v) is 13.4. The molecule has 3 N–H and O–H groups in total. The fourth-order valence-corrected chi connectivity index (χ4v) is 3.85. The Hall–Kier alpha value is -1.07. The van der Waals surface area contributed by atoms with E-state index in [4.69, 9.17) is 10.5 Å². The quantitative estimate of drug-likeness (QED) is 0.540. The fourth-order valence-electron chi connectivity index (χ4n) is 2.60. The number of carbonyl (C=O) groups is 1. The van der Waals surface area contributed by atoms with Crippen LogP contribution in [0.3, 0.4) is 0 Å². The molecule has 2 fully saturated rings. The highest BCUT2D eigenvalue weighted by Crippen LogP contribution is 2.52. The summed E-state index contributed by atoms with van der Waals surface area (Å²) in [5, 5.41) is 4.60. The van der Waals surface area contributed by atoms with Crippen molar-refractivity contribution in [1.82, 2.24) is 0 Å². The van der Waals surface area contributed by atoms with Crippen molar-refractivity contribution in [2.45, 2.75) is 44.9 Å². The number of rotatable bonds is 9. The van der Waals surface area contributed by atoms with Crippen LogP contribution in [0.15, 0.2) is 0 Å². The molecule has 21 heavy (non-hydrogen) atoms. The van der Waals surface area contributed by atoms with Crippen LogP contribution >= 0.6 is 11.3 Å². The second-order valence-corrected chi connectivity index (χ2v) is 7.00. The zero-order chi connectivity index (χ0) is 14.8. The number of hydrogen-bond acceptors (Lipinski definition) is 5. The molecule has 0 aliphatic heterocycles. The number of nitrogens with one attached hydrogen (secondary N) is 1. The molecule has 3 rings (SSSR count). The molecule has 116 valence electrons. The number of anilines is 2. The van der Waals surface area contributed by atoms with Gasteiger partial charge in [0.05, 0.1) is 15.6 Å². The van der Waals surface area contributed by atoms with Crippen molar-refractivity contribution in [1.29, 1.82) is 0 Å². The van der Waals surface area contributed by atoms with Gasteiger partial charge in [0.25, 0.3) is 0 Å². The maximum absolute atomic E-state index is 12.3. The van der Waals surface area contributed by atoms with Gasteiger partial charge in [-0.1, -0.05) is 0 Å². The molecule has 1 aromatic rings. The lowest BCUT2D eigenvalue weighted by Gasteiger charge is -2.07. The molecule has 0 spiro atoms. The summed E-state index contributed by atoms with van der Waals surface area (Å²) in [6, 6.07) is 0. The van der Waals surface area contributed by atoms with E-state index < -0.39 is 0 Å². The van der Waals surface area contributed by atoms with E-state index in [1.54, 1.807) is 11.3 Å². The van der Waals surface area contributed by atoms with E-state index in [1.807, 2.05) is 6.92 Å². The van der Waals surface area contributed by atoms with Crippen LogP contribution < -0.4 is 11.1 Å². The van der Waals surface area contributed by atoms with Gasteiger partial charge in [0.1, 0.15) is 0 Å². The van der Waals surface area contributed by atoms with Crippen LogP contribution in [0.1, 0.15) is 60.2 Å². The van der Waals surface area contributed by atoms with Crippen molar-refractivity contribution in [3.05, 3.63) is 10.4 Å². The number of thiophene rings is 1. The number of carbonyl (C=O) groups excluding carboxylic acids is 1. The molecule has 5 heteroatoms. The molecule has 0 aromatic carbocycles. The Morgan fingerprint density at radius 1 is 1.38 bits per heavy atom. The van der Waals surface area contributed by atoms with Crippen LogP contribution in [-0.4, -0.2) is 25.5 Å². The van der Waals surface area contributed by atoms with E-state index in [0.29, 0.717) is 5.92 Å². The van der Waals surface area contributed by atoms with E-state index in [9.17, 15) is 4.79 Å². The predicted octanol–water partition coefficient (Wildman–Crippen LogP) is 3.64. The Kier molecular flexibility index (Phi) is 4.50. The third-order valence-electron chi connectivity index (χ3n) is 4.10. The molecule has 2 aliphatic carbocycles. The van der Waals surface area contributed by atoms with Crippen molar-refractivity contribution in [2.75, 3.05) is 30.8 Å². The van der Waals surface area contributed by atoms with Crippen molar-refractivity contribution in [3.63, 3.8) is 0 Å². The van der Waals surface area contributed by atoms with E-state index in [1.165, 1.54) is 18.4 Å². The Bertz CT molecular complexity index is 519. The minimum atomic E-state index is 0.240. The van der Waals surface area contributed by atoms with E-state index in [2.05, 4.69) is 5.32 Å². The molecule has 0 radical (unpaired) electrons. The molecular weight excluding hydrogens is 284 g/mol. The first-order chi connectivity index (χ1) is 10.2. The molecule has 0 bridgehead atoms. The van der Waals surface area contributed by atoms with Gasteiger partial charge >= 0.3 is 0 Å². The molecule has 0 saturated heterocycles. The second kappa shape index (κ2) is 6.36. The number of nitrogen functional groups attached to an aromatic ring is 1. The van der Waals surface area contributed by atoms with E-state index >= 15 is 0 Å². The Morgan fingerprint density at radius 2 is 2.14 bits per heavy atom. The number of hydrogen-bond donors (Lipinski definition) is 2. The molecule has 1 aromatic heterocycles. The van der Waals surface area contributed by atoms with Crippen LogP contribution in [0.4, 0.5) is 10.7 Å². The summed E-state index contributed by atoms with van der Waals surface area (Å²) in [5.41, 5.74) is 8.25. The molecule has 0 amide bonds. The number of nitrogens with two attached hydrogens (primary N) is 1. The van der Waals surface area contributed by atoms with Gasteiger partial charge in [-0.3, -0.25) is 4.79 Å². The average Bonchev–Trinajstić information content (AvgIpc) is 3.36. The number of Topliss-reactive ketones (excluding diaryl/α,β-unsaturated/α-hetero) is 1. The average molecular weight is 308 g/mol. The van der Waals surface area contributed by atoms with Crippen molar-refractivity contribution in [3.8, 4) is 0 Å². The Balaban J connectivity index is 1.69. The maximum atomic E-state index is 12.3. The van der Waals surface area contributed by atoms with Gasteiger partial charge in [0, 0.05) is 31.2 Å². The van der Waals surface area contributed by atoms with Gasteiger partial charge in [-0.15, -0.1) is 11.3 Å². The van der Waals surface area contributed by atoms with Gasteiger partial charge in [-0.25, -0.2) is 0 Å². The highest BCUT2D eigenvalue weighted by molar-refractivity contribution is 7.18. The summed E-state index contributed by atoms with van der Waals surface area (Å²) < 4.78 is 5.35. The molecule has 0 unspecified atom stereocenters. The second-order valence-electron chi connectivity index (χ2n) is 5.98. The van der Waals surface area contributed by atoms with Gasteiger partial charge in [-0.05, 0) is 44.9 Å². The Morgan fingerprint density at radius 3 is 2.76 bits per heavy atom. The van der Waals surface area contributed by atoms with E-state index in [-0.39, 0.29) is 11.7 Å². The maximum Gasteiger partial charge on any atom is 0.178 e. The van der Waals surface area contributed by atoms with E-state index in [0.717, 1.165) is 54.6 Å². The molecule has 2 saturated carbocycles. The first-order valence-electron chi connectivity index (χ1n) is 8.00. The van der Waals surface area contributed by atoms with Crippen molar-refractivity contribution < 1.29 is 9.53 Å². The summed E-state index contributed by atoms with van der Waals surface area (Å²) in [6.45, 7) is 4.42. The molecule has 0 atom stereocenters. The van der Waals surface area contributed by atoms with Gasteiger partial charge in [0.2, 0.25) is 0 Å². The lowest BCUT2D eigenvalue weighted by Crippen LogP contribution is -2.06. The highest BCUT2D eigenvalue weighted by Gasteiger charge is 2.37. The molecule has 2 aliphatic rings. The Labute approximate surface area is 130 Å². The van der Waals surface area contributed by atoms with Crippen molar-refractivity contribution in [2.24, 2.45) is 5.92 Å². The third-order valence-corrected chi connectivity index (χ3v) is 5.29. The summed E-state index contributed by atoms with van der Waals surface area (Å²) in [6.07, 6.45) is 5.44. The van der Waals surface area contributed by atoms with Gasteiger partial charge < -0.3 is 15.8 Å². The standard InChI is InChI=1S/C16H24N2O2S/c1-2-20-9-3-8-18-16-12(10-4-5-10)13(17)15(21-16)14(19)11-6-7-11/h10-11,18H,2-9,17H2,1H3. The highest BCUT2D eigenvalue weighted by atomic mass is 32.1. The fraction of sp³-hybridized carbons (Fsp3) is 0.688. The van der Waals surface area contributed by atoms with Crippen LogP contribution in [0.5, 0.6) is 0 Å². The van der Waals surface area contributed by atoms with Gasteiger partial charge in [0.15, 0.2) is 5.78 Å². The first kappa shape index (κ1) is 14.9. The summed E-state index contributed by atoms with van der Waals surface area (Å²) in [5.74, 6) is 1.07. The monoisotopic (exact) mass is 308 g/mol. The van der Waals surface area contributed by atoms with Crippen LogP contribution in [0, 0.1) is 5.92 Å². The third kappa shape index (κ3) is 3.40. The lowest BCUT2D eigenvalue weighted by atomic mass is 10.1. The summed E-state index contributed by atoms with van der Waals surface area (Å²) in [4.78, 5) is 13.1. The van der Waals surface area contributed by atoms with Crippen LogP contribution in [0.25, 0.3) is 0 Å². The first-order valence-corrected chi connectivity index (χ1v) is 8.82. The normalized spacial score (nSPS) is 18.0. The van der Waals surface area contributed by atoms with Crippen LogP contribution in [-0.2, 0) is 4.74 Å². The molecule has 4 nitrogen and oxygen atoms in total. The SMILES string of the molecule is CCOCCCNc1sc(C(=O)C2CC2)c(N)c1C1CC1. The predicted molar refractivity (Wildman–Crippen MR) is 87.4 cm³/mol. The molecular formula is C16H24N2O2S. The smallest absolute Gasteiger partial charge is 0.178 e. The largest absolute Gasteiger partial charge is 0.397 e. The van der Waals surface area contributed by atoms with Crippen molar-refractivity contribution >= 4 is 27.8 Å². The zero-order valence-electron chi connectivity index (χ0n) is 12.6. The lowest BCUT2D eigenvalue weighted by molar-refractivity contribution is 0.0972. The topological polar surface area (TPSA) is 64.3 Å². The minimum Gasteiger partial charge on any atom is -0.397 e. The number of ketones is 1. The van der Waals surface area contributed by atoms with Gasteiger partial charge in [-0.2, -0.15) is 0 Å². The number of ether oxygens (including phenoxy) is 1. The summed E-state index contributed by atoms with van der Waals surface area (Å²) >= 11 is 1.57.